The number of morpholine rings is 1. The quantitative estimate of drug-likeness (QED) is 0.675. The van der Waals surface area contributed by atoms with Crippen molar-refractivity contribution >= 4 is 17.3 Å². The van der Waals surface area contributed by atoms with E-state index in [1.54, 1.807) is 18.2 Å². The van der Waals surface area contributed by atoms with Gasteiger partial charge in [-0.05, 0) is 25.1 Å². The third kappa shape index (κ3) is 4.61. The summed E-state index contributed by atoms with van der Waals surface area (Å²) in [5, 5.41) is 6.10. The van der Waals surface area contributed by atoms with Crippen LogP contribution in [0.3, 0.4) is 0 Å². The van der Waals surface area contributed by atoms with Gasteiger partial charge in [-0.2, -0.15) is 0 Å². The Balaban J connectivity index is 1.89. The van der Waals surface area contributed by atoms with E-state index in [0.717, 1.165) is 45.1 Å². The van der Waals surface area contributed by atoms with E-state index in [-0.39, 0.29) is 5.91 Å². The highest BCUT2D eigenvalue weighted by Crippen LogP contribution is 2.19. The smallest absolute Gasteiger partial charge is 0.251 e. The summed E-state index contributed by atoms with van der Waals surface area (Å²) in [6.45, 7) is 7.78. The molecule has 0 saturated carbocycles. The van der Waals surface area contributed by atoms with Gasteiger partial charge in [0.05, 0.1) is 24.6 Å². The molecule has 1 heterocycles. The first kappa shape index (κ1) is 15.6. The maximum absolute atomic E-state index is 11.8. The van der Waals surface area contributed by atoms with Gasteiger partial charge in [0.25, 0.3) is 5.91 Å². The van der Waals surface area contributed by atoms with E-state index in [1.165, 1.54) is 0 Å². The monoisotopic (exact) mass is 292 g/mol. The average Bonchev–Trinajstić information content (AvgIpc) is 2.50. The van der Waals surface area contributed by atoms with Crippen molar-refractivity contribution in [3.05, 3.63) is 23.8 Å². The summed E-state index contributed by atoms with van der Waals surface area (Å²) in [7, 11) is 0. The molecule has 0 aliphatic carbocycles. The number of amides is 1. The SMILES string of the molecule is CCNC(=O)c1ccc(N)c(NCCN2CCOCC2)c1. The van der Waals surface area contributed by atoms with Crippen molar-refractivity contribution < 1.29 is 9.53 Å². The molecular formula is C15H24N4O2. The number of nitrogens with one attached hydrogen (secondary N) is 2. The minimum atomic E-state index is -0.0753. The molecule has 1 aromatic carbocycles. The number of carbonyl (C=O) groups is 1. The highest BCUT2D eigenvalue weighted by Gasteiger charge is 2.10. The van der Waals surface area contributed by atoms with E-state index in [1.807, 2.05) is 6.92 Å². The summed E-state index contributed by atoms with van der Waals surface area (Å²) in [5.74, 6) is -0.0753. The van der Waals surface area contributed by atoms with Gasteiger partial charge in [0.2, 0.25) is 0 Å². The lowest BCUT2D eigenvalue weighted by molar-refractivity contribution is 0.0398. The minimum absolute atomic E-state index is 0.0753. The molecule has 6 heteroatoms. The van der Waals surface area contributed by atoms with Crippen molar-refractivity contribution in [2.75, 3.05) is 57.0 Å². The lowest BCUT2D eigenvalue weighted by Crippen LogP contribution is -2.39. The Morgan fingerprint density at radius 1 is 1.38 bits per heavy atom. The Morgan fingerprint density at radius 3 is 2.86 bits per heavy atom. The summed E-state index contributed by atoms with van der Waals surface area (Å²) in [4.78, 5) is 14.2. The molecule has 1 fully saturated rings. The first-order valence-corrected chi connectivity index (χ1v) is 7.42. The Bertz CT molecular complexity index is 473. The zero-order valence-electron chi connectivity index (χ0n) is 12.5. The molecule has 0 aromatic heterocycles. The van der Waals surface area contributed by atoms with Gasteiger partial charge in [-0.15, -0.1) is 0 Å². The molecule has 0 radical (unpaired) electrons. The Morgan fingerprint density at radius 2 is 2.14 bits per heavy atom. The van der Waals surface area contributed by atoms with Crippen LogP contribution in [0.25, 0.3) is 0 Å². The fourth-order valence-electron chi connectivity index (χ4n) is 2.29. The van der Waals surface area contributed by atoms with Crippen LogP contribution in [0.5, 0.6) is 0 Å². The predicted molar refractivity (Wildman–Crippen MR) is 84.6 cm³/mol. The second kappa shape index (κ2) is 7.85. The lowest BCUT2D eigenvalue weighted by atomic mass is 10.1. The molecule has 0 bridgehead atoms. The number of ether oxygens (including phenoxy) is 1. The van der Waals surface area contributed by atoms with Crippen LogP contribution in [0, 0.1) is 0 Å². The molecule has 0 unspecified atom stereocenters. The lowest BCUT2D eigenvalue weighted by Gasteiger charge is -2.26. The standard InChI is InChI=1S/C15H24N4O2/c1-2-17-15(20)12-3-4-13(16)14(11-12)18-5-6-19-7-9-21-10-8-19/h3-4,11,18H,2,5-10,16H2,1H3,(H,17,20). The van der Waals surface area contributed by atoms with Crippen molar-refractivity contribution in [1.29, 1.82) is 0 Å². The highest BCUT2D eigenvalue weighted by molar-refractivity contribution is 5.96. The number of hydrogen-bond donors (Lipinski definition) is 3. The van der Waals surface area contributed by atoms with E-state index in [2.05, 4.69) is 15.5 Å². The number of hydrogen-bond acceptors (Lipinski definition) is 5. The molecule has 2 rings (SSSR count). The Kier molecular flexibility index (Phi) is 5.83. The first-order valence-electron chi connectivity index (χ1n) is 7.42. The zero-order valence-corrected chi connectivity index (χ0v) is 12.5. The van der Waals surface area contributed by atoms with Gasteiger partial charge in [0.15, 0.2) is 0 Å². The molecule has 0 spiro atoms. The van der Waals surface area contributed by atoms with Crippen molar-refractivity contribution in [2.24, 2.45) is 0 Å². The van der Waals surface area contributed by atoms with Gasteiger partial charge in [-0.1, -0.05) is 0 Å². The number of anilines is 2. The number of nitrogens with zero attached hydrogens (tertiary/aromatic N) is 1. The molecule has 1 aliphatic heterocycles. The maximum atomic E-state index is 11.8. The van der Waals surface area contributed by atoms with E-state index in [4.69, 9.17) is 10.5 Å². The summed E-state index contributed by atoms with van der Waals surface area (Å²) in [5.41, 5.74) is 8.05. The molecular weight excluding hydrogens is 268 g/mol. The fourth-order valence-corrected chi connectivity index (χ4v) is 2.29. The minimum Gasteiger partial charge on any atom is -0.397 e. The van der Waals surface area contributed by atoms with Crippen LogP contribution in [-0.2, 0) is 4.74 Å². The molecule has 6 nitrogen and oxygen atoms in total. The van der Waals surface area contributed by atoms with Crippen molar-refractivity contribution in [2.45, 2.75) is 6.92 Å². The van der Waals surface area contributed by atoms with E-state index >= 15 is 0 Å². The van der Waals surface area contributed by atoms with Gasteiger partial charge < -0.3 is 21.1 Å². The van der Waals surface area contributed by atoms with Crippen molar-refractivity contribution in [3.8, 4) is 0 Å². The van der Waals surface area contributed by atoms with Crippen LogP contribution >= 0.6 is 0 Å². The van der Waals surface area contributed by atoms with Crippen LogP contribution in [0.4, 0.5) is 11.4 Å². The number of carbonyl (C=O) groups excluding carboxylic acids is 1. The fraction of sp³-hybridized carbons (Fsp3) is 0.533. The zero-order chi connectivity index (χ0) is 15.1. The van der Waals surface area contributed by atoms with Gasteiger partial charge in [0, 0.05) is 38.3 Å². The highest BCUT2D eigenvalue weighted by atomic mass is 16.5. The summed E-state index contributed by atoms with van der Waals surface area (Å²) >= 11 is 0. The second-order valence-corrected chi connectivity index (χ2v) is 5.04. The van der Waals surface area contributed by atoms with Crippen molar-refractivity contribution in [3.63, 3.8) is 0 Å². The average molecular weight is 292 g/mol. The van der Waals surface area contributed by atoms with Crippen LogP contribution in [0.15, 0.2) is 18.2 Å². The van der Waals surface area contributed by atoms with E-state index in [9.17, 15) is 4.79 Å². The van der Waals surface area contributed by atoms with Crippen LogP contribution < -0.4 is 16.4 Å². The third-order valence-corrected chi connectivity index (χ3v) is 3.50. The Labute approximate surface area is 125 Å². The molecule has 21 heavy (non-hydrogen) atoms. The number of rotatable bonds is 6. The molecule has 0 atom stereocenters. The third-order valence-electron chi connectivity index (χ3n) is 3.50. The predicted octanol–water partition coefficient (Wildman–Crippen LogP) is 0.763. The number of nitrogens with two attached hydrogens (primary N) is 1. The summed E-state index contributed by atoms with van der Waals surface area (Å²) in [6.07, 6.45) is 0. The number of nitrogen functional groups attached to an aromatic ring is 1. The Hall–Kier alpha value is -1.79. The molecule has 1 saturated heterocycles. The van der Waals surface area contributed by atoms with Gasteiger partial charge in [-0.25, -0.2) is 0 Å². The van der Waals surface area contributed by atoms with Crippen LogP contribution in [0.1, 0.15) is 17.3 Å². The molecule has 1 aliphatic rings. The van der Waals surface area contributed by atoms with E-state index < -0.39 is 0 Å². The largest absolute Gasteiger partial charge is 0.397 e. The first-order chi connectivity index (χ1) is 10.2. The molecule has 4 N–H and O–H groups in total. The van der Waals surface area contributed by atoms with Crippen LogP contribution in [0.2, 0.25) is 0 Å². The maximum Gasteiger partial charge on any atom is 0.251 e. The molecule has 1 amide bonds. The van der Waals surface area contributed by atoms with Gasteiger partial charge in [0.1, 0.15) is 0 Å². The van der Waals surface area contributed by atoms with Crippen LogP contribution in [-0.4, -0.2) is 56.7 Å². The second-order valence-electron chi connectivity index (χ2n) is 5.04. The number of benzene rings is 1. The topological polar surface area (TPSA) is 79.6 Å². The molecule has 116 valence electrons. The summed E-state index contributed by atoms with van der Waals surface area (Å²) < 4.78 is 5.32. The van der Waals surface area contributed by atoms with E-state index in [0.29, 0.717) is 17.8 Å². The van der Waals surface area contributed by atoms with Gasteiger partial charge >= 0.3 is 0 Å². The molecule has 1 aromatic rings. The van der Waals surface area contributed by atoms with Crippen molar-refractivity contribution in [1.82, 2.24) is 10.2 Å². The summed E-state index contributed by atoms with van der Waals surface area (Å²) in [6, 6.07) is 5.31. The normalized spacial score (nSPS) is 15.7. The van der Waals surface area contributed by atoms with Gasteiger partial charge in [-0.3, -0.25) is 9.69 Å².